The van der Waals surface area contributed by atoms with Crippen molar-refractivity contribution in [3.05, 3.63) is 35.9 Å². The van der Waals surface area contributed by atoms with E-state index in [0.717, 1.165) is 12.0 Å². The first kappa shape index (κ1) is 15.8. The smallest absolute Gasteiger partial charge is 0.410 e. The van der Waals surface area contributed by atoms with Crippen LogP contribution in [0.1, 0.15) is 38.7 Å². The summed E-state index contributed by atoms with van der Waals surface area (Å²) in [6, 6.07) is 10.00. The number of hydrogen-bond donors (Lipinski definition) is 1. The first-order chi connectivity index (χ1) is 10.8. The molecule has 2 saturated heterocycles. The van der Waals surface area contributed by atoms with Crippen LogP contribution in [0.2, 0.25) is 0 Å². The lowest BCUT2D eigenvalue weighted by atomic mass is 9.73. The van der Waals surface area contributed by atoms with Crippen LogP contribution in [0.3, 0.4) is 0 Å². The second-order valence-corrected chi connectivity index (χ2v) is 7.49. The molecule has 1 aromatic carbocycles. The molecule has 2 amide bonds. The van der Waals surface area contributed by atoms with Gasteiger partial charge in [0.05, 0.1) is 5.41 Å². The molecule has 0 aromatic heterocycles. The summed E-state index contributed by atoms with van der Waals surface area (Å²) in [5.74, 6) is 0.0659. The Labute approximate surface area is 137 Å². The molecule has 5 heteroatoms. The molecule has 2 aliphatic rings. The predicted octanol–water partition coefficient (Wildman–Crippen LogP) is 2.53. The molecule has 0 aliphatic carbocycles. The molecule has 23 heavy (non-hydrogen) atoms. The van der Waals surface area contributed by atoms with Gasteiger partial charge in [-0.1, -0.05) is 30.3 Å². The van der Waals surface area contributed by atoms with Crippen LogP contribution in [0.15, 0.2) is 30.3 Å². The molecule has 0 saturated carbocycles. The zero-order valence-electron chi connectivity index (χ0n) is 14.0. The summed E-state index contributed by atoms with van der Waals surface area (Å²) in [6.45, 7) is 7.18. The van der Waals surface area contributed by atoms with Crippen molar-refractivity contribution >= 4 is 12.0 Å². The van der Waals surface area contributed by atoms with Crippen LogP contribution in [0, 0.1) is 5.41 Å². The van der Waals surface area contributed by atoms with Gasteiger partial charge < -0.3 is 15.0 Å². The second kappa shape index (κ2) is 5.55. The monoisotopic (exact) mass is 316 g/mol. The fraction of sp³-hybridized carbons (Fsp3) is 0.556. The molecular weight excluding hydrogens is 292 g/mol. The molecule has 2 aliphatic heterocycles. The highest BCUT2D eigenvalue weighted by Crippen LogP contribution is 2.47. The van der Waals surface area contributed by atoms with Gasteiger partial charge in [-0.25, -0.2) is 4.79 Å². The van der Waals surface area contributed by atoms with Gasteiger partial charge in [-0.05, 0) is 32.8 Å². The minimum absolute atomic E-state index is 0.0127. The van der Waals surface area contributed by atoms with Crippen molar-refractivity contribution in [3.63, 3.8) is 0 Å². The lowest BCUT2D eigenvalue weighted by Crippen LogP contribution is -2.40. The fourth-order valence-electron chi connectivity index (χ4n) is 3.66. The summed E-state index contributed by atoms with van der Waals surface area (Å²) in [5, 5.41) is 2.94. The van der Waals surface area contributed by atoms with E-state index in [-0.39, 0.29) is 17.9 Å². The molecule has 2 fully saturated rings. The lowest BCUT2D eigenvalue weighted by molar-refractivity contribution is -0.127. The number of rotatable bonds is 1. The molecule has 0 radical (unpaired) electrons. The molecule has 1 N–H and O–H groups in total. The maximum absolute atomic E-state index is 12.5. The van der Waals surface area contributed by atoms with E-state index >= 15 is 0 Å². The molecule has 1 aromatic rings. The second-order valence-electron chi connectivity index (χ2n) is 7.49. The predicted molar refractivity (Wildman–Crippen MR) is 87.0 cm³/mol. The minimum Gasteiger partial charge on any atom is -0.444 e. The molecule has 1 spiro atoms. The third-order valence-electron chi connectivity index (χ3n) is 4.71. The summed E-state index contributed by atoms with van der Waals surface area (Å²) in [7, 11) is 0. The molecule has 0 bridgehead atoms. The summed E-state index contributed by atoms with van der Waals surface area (Å²) in [6.07, 6.45) is 0.417. The Morgan fingerprint density at radius 1 is 1.30 bits per heavy atom. The minimum atomic E-state index is -0.535. The normalized spacial score (nSPS) is 27.3. The first-order valence-electron chi connectivity index (χ1n) is 8.13. The number of nitrogens with one attached hydrogen (secondary N) is 1. The highest BCUT2D eigenvalue weighted by atomic mass is 16.6. The number of amides is 2. The van der Waals surface area contributed by atoms with Crippen LogP contribution in [0.5, 0.6) is 0 Å². The number of hydrogen-bond acceptors (Lipinski definition) is 3. The van der Waals surface area contributed by atoms with Crippen LogP contribution in [-0.2, 0) is 9.53 Å². The highest BCUT2D eigenvalue weighted by molar-refractivity contribution is 5.87. The van der Waals surface area contributed by atoms with Gasteiger partial charge in [0.1, 0.15) is 5.60 Å². The van der Waals surface area contributed by atoms with Gasteiger partial charge >= 0.3 is 6.09 Å². The van der Waals surface area contributed by atoms with Crippen molar-refractivity contribution in [2.24, 2.45) is 5.41 Å². The zero-order chi connectivity index (χ0) is 16.7. The Kier molecular flexibility index (Phi) is 3.82. The highest BCUT2D eigenvalue weighted by Gasteiger charge is 2.56. The van der Waals surface area contributed by atoms with Gasteiger partial charge in [-0.2, -0.15) is 0 Å². The van der Waals surface area contributed by atoms with Crippen molar-refractivity contribution in [2.45, 2.75) is 38.7 Å². The Balaban J connectivity index is 1.89. The van der Waals surface area contributed by atoms with Crippen LogP contribution >= 0.6 is 0 Å². The SMILES string of the molecule is CC(C)(C)OC(=O)N1C[C@@H](c2ccccc2)[C@@]2(CCNC2=O)C1. The fourth-order valence-corrected chi connectivity index (χ4v) is 3.66. The van der Waals surface area contributed by atoms with Crippen molar-refractivity contribution in [3.8, 4) is 0 Å². The number of likely N-dealkylation sites (tertiary alicyclic amines) is 1. The van der Waals surface area contributed by atoms with Crippen LogP contribution in [0.25, 0.3) is 0 Å². The van der Waals surface area contributed by atoms with E-state index in [9.17, 15) is 9.59 Å². The average Bonchev–Trinajstić information content (AvgIpc) is 3.04. The van der Waals surface area contributed by atoms with Crippen molar-refractivity contribution in [1.82, 2.24) is 10.2 Å². The van der Waals surface area contributed by atoms with Crippen LogP contribution in [0.4, 0.5) is 4.79 Å². The van der Waals surface area contributed by atoms with Gasteiger partial charge in [0.15, 0.2) is 0 Å². The van der Waals surface area contributed by atoms with Gasteiger partial charge in [-0.3, -0.25) is 4.79 Å². The molecule has 2 atom stereocenters. The van der Waals surface area contributed by atoms with E-state index in [1.54, 1.807) is 4.90 Å². The summed E-state index contributed by atoms with van der Waals surface area (Å²) in [5.41, 5.74) is 0.0428. The number of nitrogens with zero attached hydrogens (tertiary/aromatic N) is 1. The number of carbonyl (C=O) groups excluding carboxylic acids is 2. The van der Waals surface area contributed by atoms with Crippen LogP contribution in [-0.4, -0.2) is 42.1 Å². The quantitative estimate of drug-likeness (QED) is 0.866. The first-order valence-corrected chi connectivity index (χ1v) is 8.13. The molecule has 0 unspecified atom stereocenters. The van der Waals surface area contributed by atoms with Gasteiger partial charge in [-0.15, -0.1) is 0 Å². The lowest BCUT2D eigenvalue weighted by Gasteiger charge is -2.27. The van der Waals surface area contributed by atoms with Crippen molar-refractivity contribution in [2.75, 3.05) is 19.6 Å². The third kappa shape index (κ3) is 2.92. The van der Waals surface area contributed by atoms with Gasteiger partial charge in [0.25, 0.3) is 0 Å². The molecule has 124 valence electrons. The topological polar surface area (TPSA) is 58.6 Å². The molecular formula is C18H24N2O3. The maximum atomic E-state index is 12.5. The Morgan fingerprint density at radius 3 is 2.57 bits per heavy atom. The van der Waals surface area contributed by atoms with E-state index in [1.807, 2.05) is 51.1 Å². The van der Waals surface area contributed by atoms with Crippen molar-refractivity contribution < 1.29 is 14.3 Å². The van der Waals surface area contributed by atoms with E-state index in [2.05, 4.69) is 5.32 Å². The zero-order valence-corrected chi connectivity index (χ0v) is 14.0. The van der Waals surface area contributed by atoms with Crippen LogP contribution < -0.4 is 5.32 Å². The number of ether oxygens (including phenoxy) is 1. The van der Waals surface area contributed by atoms with E-state index in [0.29, 0.717) is 19.6 Å². The Bertz CT molecular complexity index is 608. The van der Waals surface area contributed by atoms with E-state index in [4.69, 9.17) is 4.74 Å². The molecule has 3 rings (SSSR count). The van der Waals surface area contributed by atoms with Crippen molar-refractivity contribution in [1.29, 1.82) is 0 Å². The summed E-state index contributed by atoms with van der Waals surface area (Å²) >= 11 is 0. The summed E-state index contributed by atoms with van der Waals surface area (Å²) in [4.78, 5) is 26.7. The third-order valence-corrected chi connectivity index (χ3v) is 4.71. The van der Waals surface area contributed by atoms with Gasteiger partial charge in [0, 0.05) is 25.6 Å². The molecule has 2 heterocycles. The average molecular weight is 316 g/mol. The largest absolute Gasteiger partial charge is 0.444 e. The Morgan fingerprint density at radius 2 is 2.00 bits per heavy atom. The molecule has 5 nitrogen and oxygen atoms in total. The Hall–Kier alpha value is -2.04. The maximum Gasteiger partial charge on any atom is 0.410 e. The standard InChI is InChI=1S/C18H24N2O3/c1-17(2,3)23-16(22)20-11-14(13-7-5-4-6-8-13)18(12-20)9-10-19-15(18)21/h4-8,14H,9-12H2,1-3H3,(H,19,21)/t14-,18+/m0/s1. The van der Waals surface area contributed by atoms with Gasteiger partial charge in [0.2, 0.25) is 5.91 Å². The number of benzene rings is 1. The summed E-state index contributed by atoms with van der Waals surface area (Å²) < 4.78 is 5.50. The number of carbonyl (C=O) groups is 2. The van der Waals surface area contributed by atoms with E-state index in [1.165, 1.54) is 0 Å². The van der Waals surface area contributed by atoms with E-state index < -0.39 is 11.0 Å².